The van der Waals surface area contributed by atoms with Crippen LogP contribution in [0.4, 0.5) is 0 Å². The predicted molar refractivity (Wildman–Crippen MR) is 164 cm³/mol. The number of hydrogen-bond acceptors (Lipinski definition) is 5. The number of thioether (sulfide) groups is 1. The maximum Gasteiger partial charge on any atom is 0.192 e. The van der Waals surface area contributed by atoms with E-state index in [-0.39, 0.29) is 5.88 Å². The number of nitrogens with zero attached hydrogens (tertiary/aromatic N) is 3. The fourth-order valence-electron chi connectivity index (χ4n) is 3.03. The molecule has 0 spiro atoms. The van der Waals surface area contributed by atoms with E-state index < -0.39 is 0 Å². The van der Waals surface area contributed by atoms with E-state index in [0.717, 1.165) is 60.3 Å². The van der Waals surface area contributed by atoms with Crippen molar-refractivity contribution in [1.29, 1.82) is 0 Å². The molecule has 202 valence electrons. The second-order valence-corrected chi connectivity index (χ2v) is 9.34. The van der Waals surface area contributed by atoms with Crippen LogP contribution in [0.15, 0.2) is 52.5 Å². The number of nitrogens with two attached hydrogens (primary N) is 1. The molecule has 1 aliphatic rings. The Morgan fingerprint density at radius 2 is 1.83 bits per heavy atom. The van der Waals surface area contributed by atoms with Gasteiger partial charge in [0.25, 0.3) is 0 Å². The van der Waals surface area contributed by atoms with Gasteiger partial charge >= 0.3 is 0 Å². The Hall–Kier alpha value is -2.51. The molecule has 2 aromatic rings. The zero-order valence-corrected chi connectivity index (χ0v) is 24.6. The summed E-state index contributed by atoms with van der Waals surface area (Å²) in [5, 5.41) is 10.7. The normalized spacial score (nSPS) is 13.9. The summed E-state index contributed by atoms with van der Waals surface area (Å²) in [5.41, 5.74) is 9.91. The van der Waals surface area contributed by atoms with Crippen molar-refractivity contribution in [3.05, 3.63) is 53.6 Å². The highest BCUT2D eigenvalue weighted by Gasteiger charge is 2.10. The molecular formula is C29H49N5OS. The van der Waals surface area contributed by atoms with Crippen molar-refractivity contribution >= 4 is 34.2 Å². The van der Waals surface area contributed by atoms with Crippen molar-refractivity contribution in [2.24, 2.45) is 15.7 Å². The number of benzene rings is 1. The molecule has 0 amide bonds. The number of aromatic amines is 1. The van der Waals surface area contributed by atoms with E-state index in [1.807, 2.05) is 83.7 Å². The zero-order chi connectivity index (χ0) is 27.3. The zero-order valence-electron chi connectivity index (χ0n) is 23.8. The summed E-state index contributed by atoms with van der Waals surface area (Å²) in [6, 6.07) is 5.85. The van der Waals surface area contributed by atoms with Crippen LogP contribution in [0.3, 0.4) is 0 Å². The maximum absolute atomic E-state index is 9.73. The van der Waals surface area contributed by atoms with Crippen LogP contribution in [-0.2, 0) is 0 Å². The molecule has 0 aliphatic carbocycles. The van der Waals surface area contributed by atoms with Gasteiger partial charge in [-0.25, -0.2) is 0 Å². The molecule has 4 N–H and O–H groups in total. The number of fused-ring (bicyclic) bond motifs is 1. The van der Waals surface area contributed by atoms with Gasteiger partial charge in [-0.15, -0.1) is 0 Å². The minimum atomic E-state index is 0.214. The SMILES string of the molecule is C/C=C\C=C/CC.CC.CN=C(C)C.Cc1c(O)[nH]c2ccc(C(N)=NCCN3CCSCC3)cc12. The third-order valence-electron chi connectivity index (χ3n) is 5.25. The first kappa shape index (κ1) is 33.5. The van der Waals surface area contributed by atoms with E-state index >= 15 is 0 Å². The van der Waals surface area contributed by atoms with Gasteiger partial charge in [0.1, 0.15) is 5.84 Å². The molecule has 7 heteroatoms. The molecule has 0 unspecified atom stereocenters. The van der Waals surface area contributed by atoms with Gasteiger partial charge in [0.15, 0.2) is 5.88 Å². The average Bonchev–Trinajstić information content (AvgIpc) is 3.19. The Bertz CT molecular complexity index is 965. The van der Waals surface area contributed by atoms with Gasteiger partial charge in [-0.1, -0.05) is 45.1 Å². The highest BCUT2D eigenvalue weighted by molar-refractivity contribution is 7.99. The monoisotopic (exact) mass is 515 g/mol. The summed E-state index contributed by atoms with van der Waals surface area (Å²) in [6.07, 6.45) is 9.36. The quantitative estimate of drug-likeness (QED) is 0.230. The molecule has 0 bridgehead atoms. The fourth-order valence-corrected chi connectivity index (χ4v) is 4.00. The molecule has 1 saturated heterocycles. The van der Waals surface area contributed by atoms with Crippen LogP contribution >= 0.6 is 11.8 Å². The van der Waals surface area contributed by atoms with E-state index in [0.29, 0.717) is 5.84 Å². The van der Waals surface area contributed by atoms with Crippen LogP contribution in [0, 0.1) is 6.92 Å². The second kappa shape index (κ2) is 20.7. The molecule has 1 aromatic carbocycles. The van der Waals surface area contributed by atoms with E-state index in [2.05, 4.69) is 38.9 Å². The minimum Gasteiger partial charge on any atom is -0.494 e. The van der Waals surface area contributed by atoms with Crippen LogP contribution < -0.4 is 5.73 Å². The van der Waals surface area contributed by atoms with Gasteiger partial charge in [-0.05, 0) is 52.3 Å². The molecule has 1 fully saturated rings. The van der Waals surface area contributed by atoms with E-state index in [9.17, 15) is 5.11 Å². The summed E-state index contributed by atoms with van der Waals surface area (Å²) in [6.45, 7) is 18.0. The van der Waals surface area contributed by atoms with Gasteiger partial charge in [-0.2, -0.15) is 11.8 Å². The van der Waals surface area contributed by atoms with E-state index in [1.54, 1.807) is 7.05 Å². The number of aliphatic imine (C=N–C) groups is 2. The summed E-state index contributed by atoms with van der Waals surface area (Å²) in [4.78, 5) is 13.7. The Kier molecular flexibility index (Phi) is 19.2. The molecule has 0 saturated carbocycles. The lowest BCUT2D eigenvalue weighted by Gasteiger charge is -2.25. The van der Waals surface area contributed by atoms with Gasteiger partial charge in [0.05, 0.1) is 6.54 Å². The summed E-state index contributed by atoms with van der Waals surface area (Å²) in [5.74, 6) is 3.21. The first-order chi connectivity index (χ1) is 17.3. The number of rotatable bonds is 6. The number of nitrogens with one attached hydrogen (secondary N) is 1. The summed E-state index contributed by atoms with van der Waals surface area (Å²) < 4.78 is 0. The van der Waals surface area contributed by atoms with Crippen molar-refractivity contribution in [3.63, 3.8) is 0 Å². The van der Waals surface area contributed by atoms with Crippen molar-refractivity contribution in [3.8, 4) is 5.88 Å². The third kappa shape index (κ3) is 13.5. The van der Waals surface area contributed by atoms with E-state index in [4.69, 9.17) is 5.73 Å². The van der Waals surface area contributed by atoms with Gasteiger partial charge < -0.3 is 15.8 Å². The van der Waals surface area contributed by atoms with Crippen molar-refractivity contribution < 1.29 is 5.11 Å². The van der Waals surface area contributed by atoms with Crippen LogP contribution in [0.25, 0.3) is 10.9 Å². The number of aromatic hydroxyl groups is 1. The average molecular weight is 516 g/mol. The smallest absolute Gasteiger partial charge is 0.192 e. The van der Waals surface area contributed by atoms with Gasteiger partial charge in [0, 0.05) is 65.9 Å². The second-order valence-electron chi connectivity index (χ2n) is 8.11. The molecule has 2 heterocycles. The van der Waals surface area contributed by atoms with Crippen molar-refractivity contribution in [2.75, 3.05) is 44.7 Å². The summed E-state index contributed by atoms with van der Waals surface area (Å²) >= 11 is 2.01. The molecular weight excluding hydrogens is 466 g/mol. The van der Waals surface area contributed by atoms with Crippen LogP contribution in [-0.4, -0.2) is 71.3 Å². The topological polar surface area (TPSA) is 90.0 Å². The predicted octanol–water partition coefficient (Wildman–Crippen LogP) is 6.59. The molecule has 0 radical (unpaired) electrons. The molecule has 3 rings (SSSR count). The standard InChI is InChI=1S/C16H22N4OS.C7H12.C4H9N.C2H6/c1-11-13-10-12(2-3-14(13)19-16(11)21)15(17)18-4-5-20-6-8-22-9-7-20;1-3-5-7-6-4-2;1-4(2)5-3;1-2/h2-3,10,19,21H,4-9H2,1H3,(H2,17,18);3,5-7H,4H2,1-2H3;1-3H3;1-2H3/b;5-3-,7-6-;;. The van der Waals surface area contributed by atoms with E-state index in [1.165, 1.54) is 11.5 Å². The largest absolute Gasteiger partial charge is 0.494 e. The minimum absolute atomic E-state index is 0.214. The highest BCUT2D eigenvalue weighted by atomic mass is 32.2. The molecule has 0 atom stereocenters. The van der Waals surface area contributed by atoms with Gasteiger partial charge in [-0.3, -0.25) is 14.9 Å². The Morgan fingerprint density at radius 1 is 1.19 bits per heavy atom. The number of aromatic nitrogens is 1. The number of hydrogen-bond donors (Lipinski definition) is 3. The molecule has 1 aromatic heterocycles. The van der Waals surface area contributed by atoms with Crippen LogP contribution in [0.1, 0.15) is 59.1 Å². The Balaban J connectivity index is 0.000000728. The number of amidine groups is 1. The first-order valence-electron chi connectivity index (χ1n) is 12.9. The number of allylic oxidation sites excluding steroid dienone is 4. The summed E-state index contributed by atoms with van der Waals surface area (Å²) in [7, 11) is 1.79. The lowest BCUT2D eigenvalue weighted by atomic mass is 10.1. The number of aryl methyl sites for hydroxylation is 1. The fraction of sp³-hybridized carbons (Fsp3) is 0.517. The van der Waals surface area contributed by atoms with Crippen molar-refractivity contribution in [2.45, 2.75) is 54.9 Å². The molecule has 6 nitrogen and oxygen atoms in total. The third-order valence-corrected chi connectivity index (χ3v) is 6.19. The lowest BCUT2D eigenvalue weighted by molar-refractivity contribution is 0.311. The maximum atomic E-state index is 9.73. The van der Waals surface area contributed by atoms with Gasteiger partial charge in [0.2, 0.25) is 0 Å². The first-order valence-corrected chi connectivity index (χ1v) is 14.1. The van der Waals surface area contributed by atoms with Crippen LogP contribution in [0.2, 0.25) is 0 Å². The van der Waals surface area contributed by atoms with Crippen LogP contribution in [0.5, 0.6) is 5.88 Å². The molecule has 1 aliphatic heterocycles. The molecule has 36 heavy (non-hydrogen) atoms. The number of H-pyrrole nitrogens is 1. The highest BCUT2D eigenvalue weighted by Crippen LogP contribution is 2.26. The van der Waals surface area contributed by atoms with Crippen molar-refractivity contribution in [1.82, 2.24) is 9.88 Å². The Labute approximate surface area is 223 Å². The Morgan fingerprint density at radius 3 is 2.39 bits per heavy atom. The lowest BCUT2D eigenvalue weighted by Crippen LogP contribution is -2.34.